The van der Waals surface area contributed by atoms with Crippen LogP contribution in [-0.4, -0.2) is 9.36 Å². The Labute approximate surface area is 61.7 Å². The highest BCUT2D eigenvalue weighted by Gasteiger charge is 1.95. The van der Waals surface area contributed by atoms with Gasteiger partial charge in [0.15, 0.2) is 0 Å². The van der Waals surface area contributed by atoms with Crippen molar-refractivity contribution in [1.29, 1.82) is 0 Å². The molecule has 2 N–H and O–H groups in total. The maximum Gasteiger partial charge on any atom is 0.143 e. The molecule has 0 fully saturated rings. The minimum absolute atomic E-state index is 0.688. The highest BCUT2D eigenvalue weighted by Crippen LogP contribution is 2.16. The first-order valence-corrected chi connectivity index (χ1v) is 3.59. The first kappa shape index (κ1) is 5.61. The van der Waals surface area contributed by atoms with Gasteiger partial charge >= 0.3 is 0 Å². The molecular formula is C6H5N3S. The van der Waals surface area contributed by atoms with E-state index in [-0.39, 0.29) is 0 Å². The fourth-order valence-electron chi connectivity index (χ4n) is 0.788. The van der Waals surface area contributed by atoms with Gasteiger partial charge in [0.1, 0.15) is 4.83 Å². The summed E-state index contributed by atoms with van der Waals surface area (Å²) < 4.78 is 3.97. The zero-order valence-electron chi connectivity index (χ0n) is 5.11. The Morgan fingerprint density at radius 1 is 1.40 bits per heavy atom. The lowest BCUT2D eigenvalue weighted by Crippen LogP contribution is -1.83. The van der Waals surface area contributed by atoms with Crippen molar-refractivity contribution in [3.05, 3.63) is 18.5 Å². The molecule has 0 unspecified atom stereocenters. The number of fused-ring (bicyclic) bond motifs is 1. The van der Waals surface area contributed by atoms with Gasteiger partial charge in [-0.25, -0.2) is 4.98 Å². The lowest BCUT2D eigenvalue weighted by molar-refractivity contribution is 1.45. The average Bonchev–Trinajstić information content (AvgIpc) is 2.33. The summed E-state index contributed by atoms with van der Waals surface area (Å²) in [5.74, 6) is 0. The number of nitrogen functional groups attached to an aromatic ring is 1. The Kier molecular flexibility index (Phi) is 1.07. The molecule has 3 nitrogen and oxygen atoms in total. The topological polar surface area (TPSA) is 51.8 Å². The van der Waals surface area contributed by atoms with Crippen LogP contribution in [0.1, 0.15) is 0 Å². The van der Waals surface area contributed by atoms with Crippen LogP contribution < -0.4 is 5.73 Å². The molecule has 10 heavy (non-hydrogen) atoms. The molecule has 2 heterocycles. The standard InChI is InChI=1S/C6H5N3S/c7-5-1-4-2-9-10-6(4)8-3-5/h1-3H,7H2. The SMILES string of the molecule is Nc1cnc2sncc2c1. The molecule has 0 spiro atoms. The summed E-state index contributed by atoms with van der Waals surface area (Å²) in [6.45, 7) is 0. The van der Waals surface area contributed by atoms with Crippen molar-refractivity contribution in [1.82, 2.24) is 9.36 Å². The second-order valence-corrected chi connectivity index (χ2v) is 2.77. The monoisotopic (exact) mass is 151 g/mol. The van der Waals surface area contributed by atoms with E-state index >= 15 is 0 Å². The lowest BCUT2D eigenvalue weighted by atomic mass is 10.3. The van der Waals surface area contributed by atoms with Crippen molar-refractivity contribution in [2.75, 3.05) is 5.73 Å². The van der Waals surface area contributed by atoms with Crippen LogP contribution in [0.3, 0.4) is 0 Å². The molecule has 0 aromatic carbocycles. The number of anilines is 1. The molecule has 0 saturated heterocycles. The Morgan fingerprint density at radius 3 is 3.20 bits per heavy atom. The largest absolute Gasteiger partial charge is 0.397 e. The van der Waals surface area contributed by atoms with Gasteiger partial charge in [-0.15, -0.1) is 0 Å². The summed E-state index contributed by atoms with van der Waals surface area (Å²) in [6, 6.07) is 1.87. The van der Waals surface area contributed by atoms with E-state index in [2.05, 4.69) is 9.36 Å². The molecule has 0 saturated carbocycles. The molecule has 2 aromatic rings. The second-order valence-electron chi connectivity index (χ2n) is 1.99. The van der Waals surface area contributed by atoms with Crippen molar-refractivity contribution in [3.63, 3.8) is 0 Å². The van der Waals surface area contributed by atoms with Gasteiger partial charge < -0.3 is 5.73 Å². The highest BCUT2D eigenvalue weighted by molar-refractivity contribution is 7.12. The summed E-state index contributed by atoms with van der Waals surface area (Å²) in [4.78, 5) is 5.01. The Bertz CT molecular complexity index is 355. The maximum absolute atomic E-state index is 5.50. The summed E-state index contributed by atoms with van der Waals surface area (Å²) in [5, 5.41) is 1.02. The van der Waals surface area contributed by atoms with Gasteiger partial charge in [0.2, 0.25) is 0 Å². The van der Waals surface area contributed by atoms with E-state index in [4.69, 9.17) is 5.73 Å². The Morgan fingerprint density at radius 2 is 2.30 bits per heavy atom. The molecule has 0 bridgehead atoms. The van der Waals surface area contributed by atoms with Crippen LogP contribution in [0.5, 0.6) is 0 Å². The van der Waals surface area contributed by atoms with Crippen LogP contribution in [0.25, 0.3) is 10.2 Å². The van der Waals surface area contributed by atoms with Gasteiger partial charge in [0.25, 0.3) is 0 Å². The molecular weight excluding hydrogens is 146 g/mol. The molecule has 50 valence electrons. The molecule has 0 amide bonds. The van der Waals surface area contributed by atoms with Gasteiger partial charge in [-0.3, -0.25) is 0 Å². The van der Waals surface area contributed by atoms with E-state index in [1.807, 2.05) is 6.07 Å². The van der Waals surface area contributed by atoms with E-state index in [0.29, 0.717) is 5.69 Å². The van der Waals surface area contributed by atoms with Gasteiger partial charge in [0.05, 0.1) is 18.1 Å². The fourth-order valence-corrected chi connectivity index (χ4v) is 1.37. The van der Waals surface area contributed by atoms with E-state index < -0.39 is 0 Å². The summed E-state index contributed by atoms with van der Waals surface area (Å²) >= 11 is 1.38. The van der Waals surface area contributed by atoms with Gasteiger partial charge in [-0.05, 0) is 17.6 Å². The predicted octanol–water partition coefficient (Wildman–Crippen LogP) is 1.27. The number of rotatable bonds is 0. The number of pyridine rings is 1. The molecule has 4 heteroatoms. The van der Waals surface area contributed by atoms with Crippen molar-refractivity contribution in [2.24, 2.45) is 0 Å². The van der Waals surface area contributed by atoms with Crippen LogP contribution in [0.4, 0.5) is 5.69 Å². The minimum atomic E-state index is 0.688. The van der Waals surface area contributed by atoms with Gasteiger partial charge in [-0.1, -0.05) is 0 Å². The van der Waals surface area contributed by atoms with Crippen LogP contribution in [0.15, 0.2) is 18.5 Å². The molecule has 0 atom stereocenters. The van der Waals surface area contributed by atoms with Crippen LogP contribution in [0, 0.1) is 0 Å². The summed E-state index contributed by atoms with van der Waals surface area (Å²) in [7, 11) is 0. The Balaban J connectivity index is 2.86. The van der Waals surface area contributed by atoms with Crippen molar-refractivity contribution < 1.29 is 0 Å². The van der Waals surface area contributed by atoms with E-state index in [9.17, 15) is 0 Å². The van der Waals surface area contributed by atoms with Crippen molar-refractivity contribution in [3.8, 4) is 0 Å². The number of hydrogen-bond acceptors (Lipinski definition) is 4. The number of nitrogens with two attached hydrogens (primary N) is 1. The molecule has 2 rings (SSSR count). The average molecular weight is 151 g/mol. The van der Waals surface area contributed by atoms with Gasteiger partial charge in [-0.2, -0.15) is 4.37 Å². The lowest BCUT2D eigenvalue weighted by Gasteiger charge is -1.88. The molecule has 0 aliphatic carbocycles. The third-order valence-electron chi connectivity index (χ3n) is 1.23. The van der Waals surface area contributed by atoms with Crippen LogP contribution in [-0.2, 0) is 0 Å². The molecule has 0 aliphatic heterocycles. The molecule has 2 aromatic heterocycles. The molecule has 0 aliphatic rings. The van der Waals surface area contributed by atoms with Crippen LogP contribution in [0.2, 0.25) is 0 Å². The van der Waals surface area contributed by atoms with E-state index in [1.54, 1.807) is 12.4 Å². The highest BCUT2D eigenvalue weighted by atomic mass is 32.1. The zero-order valence-corrected chi connectivity index (χ0v) is 5.93. The minimum Gasteiger partial charge on any atom is -0.397 e. The first-order valence-electron chi connectivity index (χ1n) is 2.82. The third-order valence-corrected chi connectivity index (χ3v) is 1.96. The fraction of sp³-hybridized carbons (Fsp3) is 0. The second kappa shape index (κ2) is 1.91. The maximum atomic E-state index is 5.50. The van der Waals surface area contributed by atoms with Crippen LogP contribution >= 0.6 is 11.5 Å². The predicted molar refractivity (Wildman–Crippen MR) is 41.8 cm³/mol. The van der Waals surface area contributed by atoms with E-state index in [1.165, 1.54) is 11.5 Å². The quantitative estimate of drug-likeness (QED) is 0.617. The van der Waals surface area contributed by atoms with Gasteiger partial charge in [0, 0.05) is 5.39 Å². The summed E-state index contributed by atoms with van der Waals surface area (Å²) in [5.41, 5.74) is 6.19. The number of hydrogen-bond donors (Lipinski definition) is 1. The first-order chi connectivity index (χ1) is 4.86. The third kappa shape index (κ3) is 0.733. The van der Waals surface area contributed by atoms with Crippen molar-refractivity contribution >= 4 is 27.4 Å². The normalized spacial score (nSPS) is 10.4. The number of aromatic nitrogens is 2. The Hall–Kier alpha value is -1.16. The molecule has 0 radical (unpaired) electrons. The number of nitrogens with zero attached hydrogens (tertiary/aromatic N) is 2. The smallest absolute Gasteiger partial charge is 0.143 e. The van der Waals surface area contributed by atoms with E-state index in [0.717, 1.165) is 10.2 Å². The zero-order chi connectivity index (χ0) is 6.97. The van der Waals surface area contributed by atoms with Crippen molar-refractivity contribution in [2.45, 2.75) is 0 Å². The summed E-state index contributed by atoms with van der Waals surface area (Å²) in [6.07, 6.45) is 3.41.